The Labute approximate surface area is 146 Å². The molecule has 1 aliphatic heterocycles. The number of carbonyl (C=O) groups is 1. The monoisotopic (exact) mass is 342 g/mol. The minimum absolute atomic E-state index is 0.322. The van der Waals surface area contributed by atoms with E-state index in [0.717, 1.165) is 11.4 Å². The molecule has 1 heterocycles. The van der Waals surface area contributed by atoms with Gasteiger partial charge < -0.3 is 15.7 Å². The lowest BCUT2D eigenvalue weighted by Gasteiger charge is -2.21. The Hall–Kier alpha value is -1.98. The first kappa shape index (κ1) is 16.9. The third-order valence-corrected chi connectivity index (χ3v) is 5.50. The second kappa shape index (κ2) is 7.28. The number of aryl methyl sites for hydroxylation is 1. The van der Waals surface area contributed by atoms with E-state index in [-0.39, 0.29) is 5.91 Å². The van der Waals surface area contributed by atoms with Crippen molar-refractivity contribution in [1.82, 2.24) is 0 Å². The molecule has 0 aromatic heterocycles. The summed E-state index contributed by atoms with van der Waals surface area (Å²) in [4.78, 5) is 12.4. The van der Waals surface area contributed by atoms with Gasteiger partial charge in [-0.2, -0.15) is 11.8 Å². The van der Waals surface area contributed by atoms with Crippen molar-refractivity contribution in [2.24, 2.45) is 0 Å². The molecule has 1 saturated heterocycles. The molecule has 0 radical (unpaired) electrons. The number of hydrogen-bond donors (Lipinski definition) is 3. The highest BCUT2D eigenvalue weighted by atomic mass is 32.2. The zero-order valence-corrected chi connectivity index (χ0v) is 14.5. The lowest BCUT2D eigenvalue weighted by atomic mass is 10.0. The standard InChI is InChI=1S/C19H22N2O2S/c1-14-6-2-3-7-15(14)12-20-16-8-4-5-9-17(16)21-18(22)19(23)10-11-24-13-19/h2-9,20,23H,10-13H2,1H3,(H,21,22)/t19-/m1/s1. The van der Waals surface area contributed by atoms with Crippen molar-refractivity contribution in [1.29, 1.82) is 0 Å². The minimum Gasteiger partial charge on any atom is -0.379 e. The van der Waals surface area contributed by atoms with Crippen molar-refractivity contribution in [2.75, 3.05) is 22.1 Å². The Morgan fingerprint density at radius 2 is 1.88 bits per heavy atom. The fraction of sp³-hybridized carbons (Fsp3) is 0.316. The van der Waals surface area contributed by atoms with Crippen LogP contribution in [0.3, 0.4) is 0 Å². The van der Waals surface area contributed by atoms with Crippen LogP contribution in [0, 0.1) is 6.92 Å². The largest absolute Gasteiger partial charge is 0.379 e. The molecule has 1 aliphatic rings. The minimum atomic E-state index is -1.26. The fourth-order valence-electron chi connectivity index (χ4n) is 2.72. The summed E-state index contributed by atoms with van der Waals surface area (Å²) in [5, 5.41) is 16.7. The highest BCUT2D eigenvalue weighted by Gasteiger charge is 2.39. The predicted octanol–water partition coefficient (Wildman–Crippen LogP) is 3.41. The van der Waals surface area contributed by atoms with Crippen LogP contribution in [-0.4, -0.2) is 28.1 Å². The average molecular weight is 342 g/mol. The second-order valence-corrected chi connectivity index (χ2v) is 7.22. The van der Waals surface area contributed by atoms with E-state index in [0.29, 0.717) is 24.4 Å². The normalized spacial score (nSPS) is 19.9. The molecule has 0 spiro atoms. The van der Waals surface area contributed by atoms with Crippen LogP contribution in [0.15, 0.2) is 48.5 Å². The van der Waals surface area contributed by atoms with E-state index in [1.54, 1.807) is 11.8 Å². The molecular weight excluding hydrogens is 320 g/mol. The van der Waals surface area contributed by atoms with E-state index in [1.165, 1.54) is 11.1 Å². The van der Waals surface area contributed by atoms with Crippen LogP contribution < -0.4 is 10.6 Å². The number of thioether (sulfide) groups is 1. The van der Waals surface area contributed by atoms with Crippen LogP contribution in [0.5, 0.6) is 0 Å². The van der Waals surface area contributed by atoms with E-state index < -0.39 is 5.60 Å². The number of carbonyl (C=O) groups excluding carboxylic acids is 1. The first-order chi connectivity index (χ1) is 11.6. The van der Waals surface area contributed by atoms with E-state index >= 15 is 0 Å². The van der Waals surface area contributed by atoms with Crippen LogP contribution in [0.1, 0.15) is 17.5 Å². The number of para-hydroxylation sites is 2. The topological polar surface area (TPSA) is 61.4 Å². The van der Waals surface area contributed by atoms with Gasteiger partial charge in [0.05, 0.1) is 11.4 Å². The Kier molecular flexibility index (Phi) is 5.11. The van der Waals surface area contributed by atoms with Gasteiger partial charge in [0.1, 0.15) is 0 Å². The van der Waals surface area contributed by atoms with Gasteiger partial charge in [-0.25, -0.2) is 0 Å². The molecule has 0 bridgehead atoms. The van der Waals surface area contributed by atoms with Crippen molar-refractivity contribution in [3.05, 3.63) is 59.7 Å². The van der Waals surface area contributed by atoms with Gasteiger partial charge in [0.15, 0.2) is 5.60 Å². The molecule has 0 saturated carbocycles. The summed E-state index contributed by atoms with van der Waals surface area (Å²) in [6, 6.07) is 15.8. The third-order valence-electron chi connectivity index (χ3n) is 4.33. The van der Waals surface area contributed by atoms with Crippen molar-refractivity contribution in [3.63, 3.8) is 0 Å². The first-order valence-electron chi connectivity index (χ1n) is 8.07. The van der Waals surface area contributed by atoms with Gasteiger partial charge in [-0.1, -0.05) is 36.4 Å². The maximum atomic E-state index is 12.4. The Morgan fingerprint density at radius 3 is 2.58 bits per heavy atom. The maximum Gasteiger partial charge on any atom is 0.257 e. The molecule has 1 fully saturated rings. The van der Waals surface area contributed by atoms with E-state index in [1.807, 2.05) is 36.4 Å². The van der Waals surface area contributed by atoms with Crippen LogP contribution in [0.2, 0.25) is 0 Å². The summed E-state index contributed by atoms with van der Waals surface area (Å²) >= 11 is 1.61. The van der Waals surface area contributed by atoms with Crippen molar-refractivity contribution < 1.29 is 9.90 Å². The van der Waals surface area contributed by atoms with Crippen molar-refractivity contribution in [2.45, 2.75) is 25.5 Å². The second-order valence-electron chi connectivity index (χ2n) is 6.11. The van der Waals surface area contributed by atoms with Gasteiger partial charge >= 0.3 is 0 Å². The Bertz CT molecular complexity index is 727. The zero-order chi connectivity index (χ0) is 17.0. The van der Waals surface area contributed by atoms with Crippen LogP contribution >= 0.6 is 11.8 Å². The maximum absolute atomic E-state index is 12.4. The van der Waals surface area contributed by atoms with Gasteiger partial charge in [0.25, 0.3) is 5.91 Å². The highest BCUT2D eigenvalue weighted by molar-refractivity contribution is 7.99. The summed E-state index contributed by atoms with van der Waals surface area (Å²) in [6.07, 6.45) is 0.502. The third kappa shape index (κ3) is 3.74. The van der Waals surface area contributed by atoms with E-state index in [2.05, 4.69) is 29.7 Å². The molecule has 1 amide bonds. The number of rotatable bonds is 5. The number of anilines is 2. The molecule has 0 aliphatic carbocycles. The molecule has 3 rings (SSSR count). The van der Waals surface area contributed by atoms with E-state index in [9.17, 15) is 9.90 Å². The quantitative estimate of drug-likeness (QED) is 0.779. The molecule has 126 valence electrons. The number of nitrogens with one attached hydrogen (secondary N) is 2. The van der Waals surface area contributed by atoms with Gasteiger partial charge in [-0.05, 0) is 42.4 Å². The molecule has 3 N–H and O–H groups in total. The van der Waals surface area contributed by atoms with Gasteiger partial charge in [0, 0.05) is 12.3 Å². The lowest BCUT2D eigenvalue weighted by Crippen LogP contribution is -2.43. The fourth-order valence-corrected chi connectivity index (χ4v) is 3.96. The SMILES string of the molecule is Cc1ccccc1CNc1ccccc1NC(=O)[C@@]1(O)CCSC1. The number of aliphatic hydroxyl groups is 1. The smallest absolute Gasteiger partial charge is 0.257 e. The van der Waals surface area contributed by atoms with E-state index in [4.69, 9.17) is 0 Å². The average Bonchev–Trinajstić information content (AvgIpc) is 3.03. The highest BCUT2D eigenvalue weighted by Crippen LogP contribution is 2.30. The predicted molar refractivity (Wildman–Crippen MR) is 100 cm³/mol. The Balaban J connectivity index is 1.71. The molecule has 0 unspecified atom stereocenters. The van der Waals surface area contributed by atoms with Crippen molar-refractivity contribution >= 4 is 29.0 Å². The molecular formula is C19H22N2O2S. The van der Waals surface area contributed by atoms with Crippen LogP contribution in [0.4, 0.5) is 11.4 Å². The van der Waals surface area contributed by atoms with Crippen molar-refractivity contribution in [3.8, 4) is 0 Å². The van der Waals surface area contributed by atoms with Crippen LogP contribution in [-0.2, 0) is 11.3 Å². The summed E-state index contributed by atoms with van der Waals surface area (Å²) < 4.78 is 0. The number of benzene rings is 2. The summed E-state index contributed by atoms with van der Waals surface area (Å²) in [7, 11) is 0. The number of amides is 1. The lowest BCUT2D eigenvalue weighted by molar-refractivity contribution is -0.131. The molecule has 1 atom stereocenters. The Morgan fingerprint density at radius 1 is 1.17 bits per heavy atom. The molecule has 24 heavy (non-hydrogen) atoms. The molecule has 4 nitrogen and oxygen atoms in total. The zero-order valence-electron chi connectivity index (χ0n) is 13.7. The molecule has 2 aromatic rings. The molecule has 2 aromatic carbocycles. The number of hydrogen-bond acceptors (Lipinski definition) is 4. The van der Waals surface area contributed by atoms with Gasteiger partial charge in [-0.3, -0.25) is 4.79 Å². The van der Waals surface area contributed by atoms with Crippen LogP contribution in [0.25, 0.3) is 0 Å². The van der Waals surface area contributed by atoms with Gasteiger partial charge in [-0.15, -0.1) is 0 Å². The summed E-state index contributed by atoms with van der Waals surface area (Å²) in [5.74, 6) is 0.951. The summed E-state index contributed by atoms with van der Waals surface area (Å²) in [5.41, 5.74) is 2.73. The first-order valence-corrected chi connectivity index (χ1v) is 9.23. The molecule has 5 heteroatoms. The summed E-state index contributed by atoms with van der Waals surface area (Å²) in [6.45, 7) is 2.76. The van der Waals surface area contributed by atoms with Gasteiger partial charge in [0.2, 0.25) is 0 Å².